The van der Waals surface area contributed by atoms with Crippen molar-refractivity contribution in [2.45, 2.75) is 219 Å². The number of carboxylic acids is 1. The molecule has 0 saturated heterocycles. The molecule has 0 aliphatic rings. The maximum absolute atomic E-state index is 12.7. The number of nitrogens with two attached hydrogens (primary N) is 1. The zero-order chi connectivity index (χ0) is 47.0. The number of carbonyl (C=O) groups is 3. The van der Waals surface area contributed by atoms with Crippen molar-refractivity contribution in [1.82, 2.24) is 0 Å². The van der Waals surface area contributed by atoms with E-state index in [1.54, 1.807) is 0 Å². The van der Waals surface area contributed by atoms with Gasteiger partial charge in [-0.25, -0.2) is 4.57 Å². The minimum Gasteiger partial charge on any atom is -0.480 e. The van der Waals surface area contributed by atoms with E-state index in [0.29, 0.717) is 12.8 Å². The average Bonchev–Trinajstić information content (AvgIpc) is 3.27. The average molecular weight is 920 g/mol. The first-order valence-corrected chi connectivity index (χ1v) is 26.5. The van der Waals surface area contributed by atoms with Gasteiger partial charge in [-0.15, -0.1) is 0 Å². The van der Waals surface area contributed by atoms with Crippen LogP contribution in [0.1, 0.15) is 206 Å². The van der Waals surface area contributed by atoms with Crippen LogP contribution in [0.4, 0.5) is 0 Å². The molecule has 0 aliphatic carbocycles. The predicted molar refractivity (Wildman–Crippen MR) is 263 cm³/mol. The summed E-state index contributed by atoms with van der Waals surface area (Å²) in [6.07, 6.45) is 56.7. The van der Waals surface area contributed by atoms with Crippen LogP contribution in [-0.2, 0) is 37.5 Å². The molecule has 0 amide bonds. The van der Waals surface area contributed by atoms with Crippen LogP contribution in [0.15, 0.2) is 72.9 Å². The smallest absolute Gasteiger partial charge is 0.472 e. The molecule has 3 unspecified atom stereocenters. The van der Waals surface area contributed by atoms with E-state index in [-0.39, 0.29) is 19.4 Å². The highest BCUT2D eigenvalue weighted by Crippen LogP contribution is 2.43. The standard InChI is InChI=1S/C52H90NO10P/c1-3-5-7-9-11-13-15-17-19-21-23-24-26-28-30-32-34-36-38-40-42-44-51(55)63-48(46-61-64(58,59)62-47-49(53)52(56)57)45-60-50(54)43-41-39-37-35-33-31-29-27-25-22-20-18-16-14-12-10-8-6-4-2/h5,7,11-14,17-20,23-24,48-49H,3-4,6,8-10,15-16,21-22,25-47,53H2,1-2H3,(H,56,57)(H,58,59)/b7-5-,13-11-,14-12-,19-17-,20-18-,24-23-. The number of carbonyl (C=O) groups excluding carboxylic acids is 2. The van der Waals surface area contributed by atoms with Crippen LogP contribution in [0, 0.1) is 0 Å². The molecule has 4 N–H and O–H groups in total. The van der Waals surface area contributed by atoms with Gasteiger partial charge in [0.25, 0.3) is 0 Å². The fourth-order valence-corrected chi connectivity index (χ4v) is 7.34. The van der Waals surface area contributed by atoms with Gasteiger partial charge < -0.3 is 25.2 Å². The predicted octanol–water partition coefficient (Wildman–Crippen LogP) is 14.1. The van der Waals surface area contributed by atoms with E-state index >= 15 is 0 Å². The van der Waals surface area contributed by atoms with E-state index in [4.69, 9.17) is 24.8 Å². The number of allylic oxidation sites excluding steroid dienone is 12. The van der Waals surface area contributed by atoms with E-state index < -0.39 is 51.1 Å². The fourth-order valence-electron chi connectivity index (χ4n) is 6.56. The minimum atomic E-state index is -4.73. The second-order valence-electron chi connectivity index (χ2n) is 16.6. The Morgan fingerprint density at radius 2 is 0.875 bits per heavy atom. The number of aliphatic carboxylic acids is 1. The van der Waals surface area contributed by atoms with E-state index in [9.17, 15) is 23.8 Å². The molecular weight excluding hydrogens is 830 g/mol. The first-order valence-electron chi connectivity index (χ1n) is 25.0. The first-order chi connectivity index (χ1) is 31.1. The zero-order valence-electron chi connectivity index (χ0n) is 40.1. The van der Waals surface area contributed by atoms with Gasteiger partial charge in [-0.05, 0) is 83.5 Å². The zero-order valence-corrected chi connectivity index (χ0v) is 41.0. The van der Waals surface area contributed by atoms with Crippen molar-refractivity contribution in [2.24, 2.45) is 5.73 Å². The van der Waals surface area contributed by atoms with Gasteiger partial charge in [0, 0.05) is 12.8 Å². The lowest BCUT2D eigenvalue weighted by Gasteiger charge is -2.20. The molecule has 12 heteroatoms. The molecule has 0 aromatic carbocycles. The summed E-state index contributed by atoms with van der Waals surface area (Å²) in [6, 6.07) is -1.53. The molecule has 11 nitrogen and oxygen atoms in total. The highest BCUT2D eigenvalue weighted by Gasteiger charge is 2.28. The van der Waals surface area contributed by atoms with Crippen LogP contribution in [0.5, 0.6) is 0 Å². The van der Waals surface area contributed by atoms with Gasteiger partial charge in [0.05, 0.1) is 13.2 Å². The lowest BCUT2D eigenvalue weighted by molar-refractivity contribution is -0.161. The molecular formula is C52H90NO10P. The van der Waals surface area contributed by atoms with Gasteiger partial charge in [-0.3, -0.25) is 23.4 Å². The Morgan fingerprint density at radius 3 is 1.31 bits per heavy atom. The third kappa shape index (κ3) is 45.5. The molecule has 0 radical (unpaired) electrons. The SMILES string of the molecule is CC/C=C\C/C=C\C/C=C\C/C=C\CCCCCCCCCCC(=O)OC(COC(=O)CCCCCCCCCCC/C=C\C/C=C\CCCCC)COP(=O)(O)OCC(N)C(=O)O. The van der Waals surface area contributed by atoms with Crippen LogP contribution in [0.25, 0.3) is 0 Å². The summed E-state index contributed by atoms with van der Waals surface area (Å²) >= 11 is 0. The Labute approximate surface area is 389 Å². The van der Waals surface area contributed by atoms with Gasteiger partial charge in [0.2, 0.25) is 0 Å². The van der Waals surface area contributed by atoms with Gasteiger partial charge in [-0.2, -0.15) is 0 Å². The lowest BCUT2D eigenvalue weighted by Crippen LogP contribution is -2.34. The number of phosphoric ester groups is 1. The van der Waals surface area contributed by atoms with Gasteiger partial charge in [-0.1, -0.05) is 183 Å². The second kappa shape index (κ2) is 46.4. The van der Waals surface area contributed by atoms with Crippen molar-refractivity contribution >= 4 is 25.7 Å². The highest BCUT2D eigenvalue weighted by atomic mass is 31.2. The van der Waals surface area contributed by atoms with Crippen LogP contribution >= 0.6 is 7.82 Å². The third-order valence-corrected chi connectivity index (χ3v) is 11.4. The van der Waals surface area contributed by atoms with Crippen molar-refractivity contribution in [1.29, 1.82) is 0 Å². The first kappa shape index (κ1) is 60.9. The maximum atomic E-state index is 12.7. The number of rotatable bonds is 46. The van der Waals surface area contributed by atoms with Crippen molar-refractivity contribution in [2.75, 3.05) is 19.8 Å². The number of unbranched alkanes of at least 4 members (excludes halogenated alkanes) is 20. The van der Waals surface area contributed by atoms with Crippen molar-refractivity contribution in [3.63, 3.8) is 0 Å². The number of hydrogen-bond acceptors (Lipinski definition) is 9. The Balaban J connectivity index is 4.30. The molecule has 0 rings (SSSR count). The van der Waals surface area contributed by atoms with Crippen LogP contribution in [0.2, 0.25) is 0 Å². The molecule has 0 bridgehead atoms. The molecule has 0 aromatic rings. The number of hydrogen-bond donors (Lipinski definition) is 3. The maximum Gasteiger partial charge on any atom is 0.472 e. The summed E-state index contributed by atoms with van der Waals surface area (Å²) in [6.45, 7) is 2.67. The van der Waals surface area contributed by atoms with Crippen LogP contribution in [0.3, 0.4) is 0 Å². The van der Waals surface area contributed by atoms with Gasteiger partial charge in [0.15, 0.2) is 6.10 Å². The molecule has 0 aliphatic heterocycles. The van der Waals surface area contributed by atoms with Crippen molar-refractivity contribution in [3.8, 4) is 0 Å². The largest absolute Gasteiger partial charge is 0.480 e. The molecule has 0 fully saturated rings. The Morgan fingerprint density at radius 1 is 0.500 bits per heavy atom. The molecule has 0 saturated carbocycles. The van der Waals surface area contributed by atoms with E-state index in [2.05, 4.69) is 91.3 Å². The summed E-state index contributed by atoms with van der Waals surface area (Å²) < 4.78 is 32.8. The number of carboxylic acid groups (broad SMARTS) is 1. The second-order valence-corrected chi connectivity index (χ2v) is 18.0. The Hall–Kier alpha value is -3.08. The Bertz CT molecular complexity index is 1360. The number of esters is 2. The van der Waals surface area contributed by atoms with Gasteiger partial charge in [0.1, 0.15) is 12.6 Å². The lowest BCUT2D eigenvalue weighted by atomic mass is 10.1. The van der Waals surface area contributed by atoms with Crippen molar-refractivity contribution < 1.29 is 47.5 Å². The summed E-state index contributed by atoms with van der Waals surface area (Å²) in [5.41, 5.74) is 5.35. The van der Waals surface area contributed by atoms with Crippen LogP contribution in [-0.4, -0.2) is 59.9 Å². The summed E-state index contributed by atoms with van der Waals surface area (Å²) in [4.78, 5) is 46.2. The van der Waals surface area contributed by atoms with E-state index in [1.807, 2.05) is 0 Å². The Kier molecular flexibility index (Phi) is 44.2. The normalized spacial score (nSPS) is 14.2. The third-order valence-electron chi connectivity index (χ3n) is 10.4. The summed E-state index contributed by atoms with van der Waals surface area (Å²) in [5.74, 6) is -2.40. The van der Waals surface area contributed by atoms with E-state index in [0.717, 1.165) is 89.9 Å². The van der Waals surface area contributed by atoms with Gasteiger partial charge >= 0.3 is 25.7 Å². The van der Waals surface area contributed by atoms with Crippen LogP contribution < -0.4 is 5.73 Å². The summed E-state index contributed by atoms with van der Waals surface area (Å²) in [5, 5.41) is 8.92. The summed E-state index contributed by atoms with van der Waals surface area (Å²) in [7, 11) is -4.73. The highest BCUT2D eigenvalue weighted by molar-refractivity contribution is 7.47. The minimum absolute atomic E-state index is 0.148. The molecule has 0 aromatic heterocycles. The number of ether oxygens (including phenoxy) is 2. The van der Waals surface area contributed by atoms with Crippen molar-refractivity contribution in [3.05, 3.63) is 72.9 Å². The quantitative estimate of drug-likeness (QED) is 0.0230. The number of phosphoric acid groups is 1. The molecule has 0 heterocycles. The topological polar surface area (TPSA) is 172 Å². The molecule has 3 atom stereocenters. The molecule has 368 valence electrons. The molecule has 0 spiro atoms. The van der Waals surface area contributed by atoms with E-state index in [1.165, 1.54) is 77.0 Å². The fraction of sp³-hybridized carbons (Fsp3) is 0.712. The monoisotopic (exact) mass is 920 g/mol. The molecule has 64 heavy (non-hydrogen) atoms.